The average Bonchev–Trinajstić information content (AvgIpc) is 2.84. The van der Waals surface area contributed by atoms with Crippen LogP contribution in [-0.4, -0.2) is 72.7 Å². The summed E-state index contributed by atoms with van der Waals surface area (Å²) in [6, 6.07) is 6.26. The highest BCUT2D eigenvalue weighted by atomic mass is 19.4. The zero-order chi connectivity index (χ0) is 27.5. The molecule has 4 rings (SSSR count). The van der Waals surface area contributed by atoms with Gasteiger partial charge < -0.3 is 20.3 Å². The molecule has 2 aromatic carbocycles. The Morgan fingerprint density at radius 3 is 2.16 bits per heavy atom. The van der Waals surface area contributed by atoms with Crippen LogP contribution in [0.15, 0.2) is 36.4 Å². The lowest BCUT2D eigenvalue weighted by molar-refractivity contribution is -0.143. The minimum absolute atomic E-state index is 0.0473. The summed E-state index contributed by atoms with van der Waals surface area (Å²) in [5.74, 6) is 0.704. The van der Waals surface area contributed by atoms with Crippen LogP contribution in [0.1, 0.15) is 18.1 Å². The lowest BCUT2D eigenvalue weighted by atomic mass is 10.1. The summed E-state index contributed by atoms with van der Waals surface area (Å²) in [4.78, 5) is 13.4. The quantitative estimate of drug-likeness (QED) is 0.366. The summed E-state index contributed by atoms with van der Waals surface area (Å²) in [6.45, 7) is 7.14. The van der Waals surface area contributed by atoms with Gasteiger partial charge in [-0.3, -0.25) is 4.90 Å². The van der Waals surface area contributed by atoms with Crippen LogP contribution in [0.3, 0.4) is 0 Å². The van der Waals surface area contributed by atoms with E-state index >= 15 is 0 Å². The molecule has 0 aliphatic carbocycles. The first kappa shape index (κ1) is 27.7. The van der Waals surface area contributed by atoms with E-state index in [0.29, 0.717) is 41.9 Å². The molecule has 1 aliphatic heterocycles. The third-order valence-electron chi connectivity index (χ3n) is 6.14. The Hall–Kier alpha value is -3.32. The molecule has 7 nitrogen and oxygen atoms in total. The lowest BCUT2D eigenvalue weighted by Gasteiger charge is -2.32. The predicted octanol–water partition coefficient (Wildman–Crippen LogP) is 5.47. The summed E-state index contributed by atoms with van der Waals surface area (Å²) in [7, 11) is 2.06. The van der Waals surface area contributed by atoms with E-state index in [4.69, 9.17) is 4.74 Å². The van der Waals surface area contributed by atoms with E-state index in [1.165, 1.54) is 0 Å². The number of nitrogens with one attached hydrogen (secondary N) is 2. The number of anilines is 3. The van der Waals surface area contributed by atoms with Gasteiger partial charge in [0.2, 0.25) is 5.95 Å². The van der Waals surface area contributed by atoms with Gasteiger partial charge in [-0.05, 0) is 50.4 Å². The number of benzene rings is 2. The molecule has 2 N–H and O–H groups in total. The van der Waals surface area contributed by atoms with Gasteiger partial charge in [0, 0.05) is 50.3 Å². The summed E-state index contributed by atoms with van der Waals surface area (Å²) < 4.78 is 85.9. The van der Waals surface area contributed by atoms with Crippen molar-refractivity contribution in [2.75, 3.05) is 63.6 Å². The third kappa shape index (κ3) is 6.95. The smallest absolute Gasteiger partial charge is 0.416 e. The van der Waals surface area contributed by atoms with Gasteiger partial charge in [-0.2, -0.15) is 31.3 Å². The summed E-state index contributed by atoms with van der Waals surface area (Å²) in [5.41, 5.74) is -2.81. The highest BCUT2D eigenvalue weighted by Gasteiger charge is 2.37. The molecule has 38 heavy (non-hydrogen) atoms. The van der Waals surface area contributed by atoms with Crippen LogP contribution in [0.25, 0.3) is 10.9 Å². The second-order valence-electron chi connectivity index (χ2n) is 9.00. The molecule has 2 heterocycles. The first-order chi connectivity index (χ1) is 17.9. The van der Waals surface area contributed by atoms with Gasteiger partial charge in [-0.1, -0.05) is 0 Å². The van der Waals surface area contributed by atoms with Crippen molar-refractivity contribution in [2.45, 2.75) is 19.3 Å². The van der Waals surface area contributed by atoms with Gasteiger partial charge in [0.05, 0.1) is 23.3 Å². The van der Waals surface area contributed by atoms with E-state index in [2.05, 4.69) is 37.4 Å². The van der Waals surface area contributed by atoms with E-state index < -0.39 is 29.2 Å². The molecule has 1 fully saturated rings. The largest absolute Gasteiger partial charge is 0.494 e. The number of ether oxygens (including phenoxy) is 1. The van der Waals surface area contributed by atoms with Crippen molar-refractivity contribution < 1.29 is 31.1 Å². The Labute approximate surface area is 215 Å². The molecule has 3 aromatic rings. The van der Waals surface area contributed by atoms with Crippen molar-refractivity contribution in [3.63, 3.8) is 0 Å². The van der Waals surface area contributed by atoms with E-state index in [0.717, 1.165) is 32.7 Å². The molecular weight excluding hydrogens is 514 g/mol. The molecule has 0 atom stereocenters. The predicted molar refractivity (Wildman–Crippen MR) is 133 cm³/mol. The molecule has 0 unspecified atom stereocenters. The van der Waals surface area contributed by atoms with Crippen molar-refractivity contribution in [3.05, 3.63) is 47.5 Å². The van der Waals surface area contributed by atoms with Gasteiger partial charge in [0.1, 0.15) is 11.6 Å². The molecule has 0 spiro atoms. The number of aromatic nitrogens is 2. The highest BCUT2D eigenvalue weighted by Crippen LogP contribution is 2.38. The summed E-state index contributed by atoms with van der Waals surface area (Å²) in [6.07, 6.45) is -9.94. The standard InChI is InChI=1S/C25H28F6N6O/c1-3-38-19-4-5-21-20(15-19)22(35-23(34-21)32-6-7-37-10-8-36(2)9-11-37)33-18-13-16(24(26,27)28)12-17(14-18)25(29,30)31/h4-5,12-15H,3,6-11H2,1-2H3,(H2,32,33,34,35). The van der Waals surface area contributed by atoms with Crippen molar-refractivity contribution in [1.29, 1.82) is 0 Å². The van der Waals surface area contributed by atoms with E-state index in [9.17, 15) is 26.3 Å². The molecule has 0 radical (unpaired) electrons. The van der Waals surface area contributed by atoms with Crippen LogP contribution in [0.2, 0.25) is 0 Å². The van der Waals surface area contributed by atoms with Gasteiger partial charge in [-0.25, -0.2) is 4.98 Å². The van der Waals surface area contributed by atoms with Crippen LogP contribution >= 0.6 is 0 Å². The number of alkyl halides is 6. The van der Waals surface area contributed by atoms with E-state index in [1.807, 2.05) is 0 Å². The van der Waals surface area contributed by atoms with E-state index in [1.54, 1.807) is 25.1 Å². The van der Waals surface area contributed by atoms with Crippen molar-refractivity contribution in [2.24, 2.45) is 0 Å². The first-order valence-corrected chi connectivity index (χ1v) is 12.1. The lowest BCUT2D eigenvalue weighted by Crippen LogP contribution is -2.45. The van der Waals surface area contributed by atoms with Crippen LogP contribution in [0.4, 0.5) is 43.8 Å². The number of likely N-dealkylation sites (N-methyl/N-ethyl adjacent to an activating group) is 1. The number of hydrogen-bond acceptors (Lipinski definition) is 7. The Balaban J connectivity index is 1.66. The van der Waals surface area contributed by atoms with Crippen molar-refractivity contribution in [3.8, 4) is 5.75 Å². The fraction of sp³-hybridized carbons (Fsp3) is 0.440. The van der Waals surface area contributed by atoms with Crippen molar-refractivity contribution >= 4 is 28.4 Å². The third-order valence-corrected chi connectivity index (χ3v) is 6.14. The molecule has 1 aromatic heterocycles. The number of rotatable bonds is 8. The molecular formula is C25H28F6N6O. The van der Waals surface area contributed by atoms with Crippen LogP contribution < -0.4 is 15.4 Å². The average molecular weight is 543 g/mol. The first-order valence-electron chi connectivity index (χ1n) is 12.1. The Kier molecular flexibility index (Phi) is 8.16. The maximum absolute atomic E-state index is 13.4. The molecule has 0 amide bonds. The van der Waals surface area contributed by atoms with Crippen LogP contribution in [-0.2, 0) is 12.4 Å². The minimum Gasteiger partial charge on any atom is -0.494 e. The van der Waals surface area contributed by atoms with E-state index in [-0.39, 0.29) is 17.8 Å². The SMILES string of the molecule is CCOc1ccc2nc(NCCN3CCN(C)CC3)nc(Nc3cc(C(F)(F)F)cc(C(F)(F)F)c3)c2c1. The van der Waals surface area contributed by atoms with Crippen molar-refractivity contribution in [1.82, 2.24) is 19.8 Å². The maximum atomic E-state index is 13.4. The Bertz CT molecular complexity index is 1230. The molecule has 0 saturated carbocycles. The highest BCUT2D eigenvalue weighted by molar-refractivity contribution is 5.92. The summed E-state index contributed by atoms with van der Waals surface area (Å²) in [5, 5.41) is 6.17. The Morgan fingerprint density at radius 1 is 0.895 bits per heavy atom. The van der Waals surface area contributed by atoms with Crippen LogP contribution in [0, 0.1) is 0 Å². The number of halogens is 6. The summed E-state index contributed by atoms with van der Waals surface area (Å²) >= 11 is 0. The fourth-order valence-corrected chi connectivity index (χ4v) is 4.10. The zero-order valence-corrected chi connectivity index (χ0v) is 20.9. The number of hydrogen-bond donors (Lipinski definition) is 2. The van der Waals surface area contributed by atoms with Gasteiger partial charge in [0.15, 0.2) is 0 Å². The number of fused-ring (bicyclic) bond motifs is 1. The van der Waals surface area contributed by atoms with Gasteiger partial charge in [0.25, 0.3) is 0 Å². The molecule has 1 saturated heterocycles. The Morgan fingerprint density at radius 2 is 1.55 bits per heavy atom. The topological polar surface area (TPSA) is 65.5 Å². The number of piperazine rings is 1. The molecule has 206 valence electrons. The number of nitrogens with zero attached hydrogens (tertiary/aromatic N) is 4. The monoisotopic (exact) mass is 542 g/mol. The normalized spacial score (nSPS) is 15.6. The van der Waals surface area contributed by atoms with Gasteiger partial charge >= 0.3 is 12.4 Å². The van der Waals surface area contributed by atoms with Crippen LogP contribution in [0.5, 0.6) is 5.75 Å². The maximum Gasteiger partial charge on any atom is 0.416 e. The molecule has 1 aliphatic rings. The molecule has 13 heteroatoms. The molecule has 0 bridgehead atoms. The van der Waals surface area contributed by atoms with Gasteiger partial charge in [-0.15, -0.1) is 0 Å². The second kappa shape index (κ2) is 11.2. The second-order valence-corrected chi connectivity index (χ2v) is 9.00. The fourth-order valence-electron chi connectivity index (χ4n) is 4.10. The minimum atomic E-state index is -4.97. The zero-order valence-electron chi connectivity index (χ0n) is 20.9.